The Morgan fingerprint density at radius 2 is 2.53 bits per heavy atom. The van der Waals surface area contributed by atoms with Crippen LogP contribution in [-0.4, -0.2) is 37.7 Å². The SMILES string of the molecule is CN(CC1CCOC1)C(=O)NCc1ccco1. The van der Waals surface area contributed by atoms with Crippen molar-refractivity contribution in [3.63, 3.8) is 0 Å². The van der Waals surface area contributed by atoms with E-state index >= 15 is 0 Å². The lowest BCUT2D eigenvalue weighted by atomic mass is 10.1. The van der Waals surface area contributed by atoms with E-state index in [1.165, 1.54) is 0 Å². The van der Waals surface area contributed by atoms with Gasteiger partial charge in [-0.1, -0.05) is 0 Å². The Morgan fingerprint density at radius 3 is 3.18 bits per heavy atom. The number of carbonyl (C=O) groups excluding carboxylic acids is 1. The zero-order chi connectivity index (χ0) is 12.1. The lowest BCUT2D eigenvalue weighted by Crippen LogP contribution is -2.39. The predicted molar refractivity (Wildman–Crippen MR) is 62.5 cm³/mol. The summed E-state index contributed by atoms with van der Waals surface area (Å²) in [6.45, 7) is 2.74. The average Bonchev–Trinajstić information content (AvgIpc) is 2.98. The number of urea groups is 1. The van der Waals surface area contributed by atoms with E-state index in [-0.39, 0.29) is 6.03 Å². The summed E-state index contributed by atoms with van der Waals surface area (Å²) in [5.41, 5.74) is 0. The van der Waals surface area contributed by atoms with Crippen LogP contribution >= 0.6 is 0 Å². The number of carbonyl (C=O) groups is 1. The summed E-state index contributed by atoms with van der Waals surface area (Å²) in [4.78, 5) is 13.5. The first-order chi connectivity index (χ1) is 8.25. The summed E-state index contributed by atoms with van der Waals surface area (Å²) in [7, 11) is 1.80. The number of hydrogen-bond donors (Lipinski definition) is 1. The molecule has 94 valence electrons. The van der Waals surface area contributed by atoms with Gasteiger partial charge in [0.1, 0.15) is 5.76 Å². The molecule has 1 atom stereocenters. The third-order valence-corrected chi connectivity index (χ3v) is 2.90. The van der Waals surface area contributed by atoms with Gasteiger partial charge < -0.3 is 19.4 Å². The van der Waals surface area contributed by atoms with E-state index in [4.69, 9.17) is 9.15 Å². The van der Waals surface area contributed by atoms with Crippen LogP contribution in [-0.2, 0) is 11.3 Å². The summed E-state index contributed by atoms with van der Waals surface area (Å²) in [6, 6.07) is 3.57. The number of rotatable bonds is 4. The molecule has 1 aliphatic heterocycles. The van der Waals surface area contributed by atoms with Crippen LogP contribution in [0.4, 0.5) is 4.79 Å². The van der Waals surface area contributed by atoms with Gasteiger partial charge >= 0.3 is 6.03 Å². The molecule has 17 heavy (non-hydrogen) atoms. The third-order valence-electron chi connectivity index (χ3n) is 2.90. The Labute approximate surface area is 101 Å². The van der Waals surface area contributed by atoms with Crippen molar-refractivity contribution >= 4 is 6.03 Å². The molecule has 1 unspecified atom stereocenters. The molecule has 1 saturated heterocycles. The summed E-state index contributed by atoms with van der Waals surface area (Å²) in [6.07, 6.45) is 2.64. The molecular formula is C12H18N2O3. The number of nitrogens with zero attached hydrogens (tertiary/aromatic N) is 1. The molecule has 1 N–H and O–H groups in total. The maximum Gasteiger partial charge on any atom is 0.317 e. The fraction of sp³-hybridized carbons (Fsp3) is 0.583. The fourth-order valence-electron chi connectivity index (χ4n) is 1.91. The van der Waals surface area contributed by atoms with Crippen LogP contribution < -0.4 is 5.32 Å². The second kappa shape index (κ2) is 5.72. The van der Waals surface area contributed by atoms with Crippen LogP contribution in [0.2, 0.25) is 0 Å². The van der Waals surface area contributed by atoms with Crippen molar-refractivity contribution in [2.45, 2.75) is 13.0 Å². The molecule has 2 amide bonds. The summed E-state index contributed by atoms with van der Waals surface area (Å²) >= 11 is 0. The molecule has 1 aromatic rings. The Kier molecular flexibility index (Phi) is 4.03. The first kappa shape index (κ1) is 12.0. The molecule has 1 fully saturated rings. The van der Waals surface area contributed by atoms with Gasteiger partial charge in [0.2, 0.25) is 0 Å². The molecule has 0 spiro atoms. The van der Waals surface area contributed by atoms with E-state index in [9.17, 15) is 4.79 Å². The lowest BCUT2D eigenvalue weighted by Gasteiger charge is -2.20. The minimum Gasteiger partial charge on any atom is -0.467 e. The molecule has 1 aromatic heterocycles. The highest BCUT2D eigenvalue weighted by molar-refractivity contribution is 5.73. The minimum absolute atomic E-state index is 0.0756. The van der Waals surface area contributed by atoms with Crippen molar-refractivity contribution in [1.82, 2.24) is 10.2 Å². The van der Waals surface area contributed by atoms with Gasteiger partial charge in [-0.15, -0.1) is 0 Å². The van der Waals surface area contributed by atoms with Crippen LogP contribution in [0.3, 0.4) is 0 Å². The van der Waals surface area contributed by atoms with Crippen molar-refractivity contribution in [2.24, 2.45) is 5.92 Å². The van der Waals surface area contributed by atoms with Gasteiger partial charge in [-0.05, 0) is 18.6 Å². The Bertz CT molecular complexity index is 345. The minimum atomic E-state index is -0.0756. The normalized spacial score (nSPS) is 19.2. The van der Waals surface area contributed by atoms with Crippen LogP contribution in [0.15, 0.2) is 22.8 Å². The van der Waals surface area contributed by atoms with Crippen LogP contribution in [0.25, 0.3) is 0 Å². The molecule has 2 rings (SSSR count). The molecule has 1 aliphatic rings. The summed E-state index contributed by atoms with van der Waals surface area (Å²) in [5.74, 6) is 1.23. The first-order valence-corrected chi connectivity index (χ1v) is 5.85. The van der Waals surface area contributed by atoms with Gasteiger partial charge in [-0.25, -0.2) is 4.79 Å². The van der Waals surface area contributed by atoms with E-state index in [0.29, 0.717) is 12.5 Å². The highest BCUT2D eigenvalue weighted by Gasteiger charge is 2.19. The fourth-order valence-corrected chi connectivity index (χ4v) is 1.91. The standard InChI is InChI=1S/C12H18N2O3/c1-14(8-10-4-6-16-9-10)12(15)13-7-11-3-2-5-17-11/h2-3,5,10H,4,6-9H2,1H3,(H,13,15). The number of furan rings is 1. The monoisotopic (exact) mass is 238 g/mol. The maximum atomic E-state index is 11.8. The summed E-state index contributed by atoms with van der Waals surface area (Å²) < 4.78 is 10.4. The van der Waals surface area contributed by atoms with Gasteiger partial charge in [-0.3, -0.25) is 0 Å². The lowest BCUT2D eigenvalue weighted by molar-refractivity contribution is 0.171. The second-order valence-corrected chi connectivity index (χ2v) is 4.35. The maximum absolute atomic E-state index is 11.8. The Balaban J connectivity index is 1.71. The highest BCUT2D eigenvalue weighted by Crippen LogP contribution is 2.13. The smallest absolute Gasteiger partial charge is 0.317 e. The molecular weight excluding hydrogens is 220 g/mol. The Hall–Kier alpha value is -1.49. The van der Waals surface area contributed by atoms with Crippen LogP contribution in [0, 0.1) is 5.92 Å². The van der Waals surface area contributed by atoms with Gasteiger partial charge in [0.05, 0.1) is 19.4 Å². The van der Waals surface area contributed by atoms with Gasteiger partial charge in [0.25, 0.3) is 0 Å². The average molecular weight is 238 g/mol. The van der Waals surface area contributed by atoms with Crippen LogP contribution in [0.5, 0.6) is 0 Å². The van der Waals surface area contributed by atoms with Crippen molar-refractivity contribution < 1.29 is 13.9 Å². The van der Waals surface area contributed by atoms with Crippen molar-refractivity contribution in [1.29, 1.82) is 0 Å². The molecule has 0 saturated carbocycles. The molecule has 5 nitrogen and oxygen atoms in total. The molecule has 0 aromatic carbocycles. The van der Waals surface area contributed by atoms with Gasteiger partial charge in [-0.2, -0.15) is 0 Å². The zero-order valence-electron chi connectivity index (χ0n) is 10.0. The van der Waals surface area contributed by atoms with Gasteiger partial charge in [0, 0.05) is 26.1 Å². The number of nitrogens with one attached hydrogen (secondary N) is 1. The van der Waals surface area contributed by atoms with E-state index < -0.39 is 0 Å². The van der Waals surface area contributed by atoms with Crippen molar-refractivity contribution in [3.05, 3.63) is 24.2 Å². The molecule has 0 aliphatic carbocycles. The van der Waals surface area contributed by atoms with E-state index in [0.717, 1.165) is 31.9 Å². The van der Waals surface area contributed by atoms with E-state index in [1.54, 1.807) is 24.3 Å². The van der Waals surface area contributed by atoms with E-state index in [2.05, 4.69) is 5.32 Å². The predicted octanol–water partition coefficient (Wildman–Crippen LogP) is 1.46. The first-order valence-electron chi connectivity index (χ1n) is 5.85. The topological polar surface area (TPSA) is 54.7 Å². The summed E-state index contributed by atoms with van der Waals surface area (Å²) in [5, 5.41) is 2.81. The highest BCUT2D eigenvalue weighted by atomic mass is 16.5. The number of amides is 2. The second-order valence-electron chi connectivity index (χ2n) is 4.35. The number of ether oxygens (including phenoxy) is 1. The van der Waals surface area contributed by atoms with Crippen molar-refractivity contribution in [2.75, 3.05) is 26.8 Å². The van der Waals surface area contributed by atoms with Crippen LogP contribution in [0.1, 0.15) is 12.2 Å². The molecule has 0 bridgehead atoms. The third kappa shape index (κ3) is 3.49. The quantitative estimate of drug-likeness (QED) is 0.864. The molecule has 5 heteroatoms. The largest absolute Gasteiger partial charge is 0.467 e. The van der Waals surface area contributed by atoms with E-state index in [1.807, 2.05) is 6.07 Å². The molecule has 2 heterocycles. The van der Waals surface area contributed by atoms with Gasteiger partial charge in [0.15, 0.2) is 0 Å². The Morgan fingerprint density at radius 1 is 1.65 bits per heavy atom. The van der Waals surface area contributed by atoms with Crippen molar-refractivity contribution in [3.8, 4) is 0 Å². The molecule has 0 radical (unpaired) electrons. The zero-order valence-corrected chi connectivity index (χ0v) is 10.0. The number of hydrogen-bond acceptors (Lipinski definition) is 3.